The lowest BCUT2D eigenvalue weighted by Crippen LogP contribution is -2.43. The highest BCUT2D eigenvalue weighted by atomic mass is 16.5. The molecule has 1 aliphatic heterocycles. The molecule has 0 unspecified atom stereocenters. The average Bonchev–Trinajstić information content (AvgIpc) is 3.31. The molecule has 0 aromatic heterocycles. The van der Waals surface area contributed by atoms with Crippen molar-refractivity contribution in [1.29, 1.82) is 0 Å². The van der Waals surface area contributed by atoms with Crippen LogP contribution in [0.3, 0.4) is 0 Å². The predicted octanol–water partition coefficient (Wildman–Crippen LogP) is 1.99. The van der Waals surface area contributed by atoms with Crippen LogP contribution in [0.5, 0.6) is 5.75 Å². The van der Waals surface area contributed by atoms with Crippen LogP contribution in [-0.4, -0.2) is 42.3 Å². The molecule has 2 N–H and O–H groups in total. The maximum atomic E-state index is 12.6. The Balaban J connectivity index is 1.69. The fourth-order valence-electron chi connectivity index (χ4n) is 3.16. The number of amides is 3. The smallest absolute Gasteiger partial charge is 0.247 e. The van der Waals surface area contributed by atoms with Gasteiger partial charge in [-0.05, 0) is 37.8 Å². The van der Waals surface area contributed by atoms with Crippen molar-refractivity contribution < 1.29 is 19.1 Å². The van der Waals surface area contributed by atoms with Crippen molar-refractivity contribution in [3.05, 3.63) is 18.2 Å². The number of nitrogens with zero attached hydrogens (tertiary/aromatic N) is 1. The molecule has 7 nitrogen and oxygen atoms in total. The summed E-state index contributed by atoms with van der Waals surface area (Å²) in [7, 11) is 1.50. The first-order valence-electron chi connectivity index (χ1n) is 8.56. The number of rotatable bonds is 5. The van der Waals surface area contributed by atoms with E-state index in [9.17, 15) is 14.4 Å². The Hall–Kier alpha value is -2.57. The van der Waals surface area contributed by atoms with Gasteiger partial charge in [0.2, 0.25) is 17.7 Å². The number of benzene rings is 1. The fraction of sp³-hybridized carbons (Fsp3) is 0.500. The van der Waals surface area contributed by atoms with Gasteiger partial charge in [0.15, 0.2) is 0 Å². The molecule has 7 heteroatoms. The van der Waals surface area contributed by atoms with E-state index in [1.54, 1.807) is 23.1 Å². The molecule has 0 bridgehead atoms. The Morgan fingerprint density at radius 3 is 2.56 bits per heavy atom. The summed E-state index contributed by atoms with van der Waals surface area (Å²) in [6, 6.07) is 4.63. The molecule has 0 spiro atoms. The van der Waals surface area contributed by atoms with Crippen LogP contribution in [0.4, 0.5) is 11.4 Å². The first-order valence-corrected chi connectivity index (χ1v) is 8.56. The molecule has 1 aromatic rings. The van der Waals surface area contributed by atoms with Crippen LogP contribution in [0.25, 0.3) is 0 Å². The highest BCUT2D eigenvalue weighted by molar-refractivity contribution is 5.99. The molecule has 0 radical (unpaired) electrons. The van der Waals surface area contributed by atoms with Crippen molar-refractivity contribution in [1.82, 2.24) is 4.90 Å². The van der Waals surface area contributed by atoms with Crippen LogP contribution in [-0.2, 0) is 14.4 Å². The summed E-state index contributed by atoms with van der Waals surface area (Å²) in [6.45, 7) is 2.07. The van der Waals surface area contributed by atoms with Gasteiger partial charge in [0.25, 0.3) is 0 Å². The number of methoxy groups -OCH3 is 1. The number of ether oxygens (including phenoxy) is 1. The van der Waals surface area contributed by atoms with Crippen molar-refractivity contribution in [2.24, 2.45) is 5.92 Å². The second-order valence-electron chi connectivity index (χ2n) is 6.55. The summed E-state index contributed by atoms with van der Waals surface area (Å²) in [5.41, 5.74) is 1.11. The first-order chi connectivity index (χ1) is 12.0. The molecule has 1 heterocycles. The summed E-state index contributed by atoms with van der Waals surface area (Å²) >= 11 is 0. The van der Waals surface area contributed by atoms with Crippen molar-refractivity contribution in [2.75, 3.05) is 24.3 Å². The molecule has 1 saturated carbocycles. The predicted molar refractivity (Wildman–Crippen MR) is 93.4 cm³/mol. The van der Waals surface area contributed by atoms with E-state index in [4.69, 9.17) is 4.74 Å². The van der Waals surface area contributed by atoms with Crippen molar-refractivity contribution >= 4 is 29.1 Å². The second-order valence-corrected chi connectivity index (χ2v) is 6.55. The van der Waals surface area contributed by atoms with Gasteiger partial charge in [-0.2, -0.15) is 0 Å². The third kappa shape index (κ3) is 3.92. The van der Waals surface area contributed by atoms with Crippen LogP contribution >= 0.6 is 0 Å². The molecule has 1 saturated heterocycles. The number of nitrogens with one attached hydrogen (secondary N) is 2. The average molecular weight is 345 g/mol. The topological polar surface area (TPSA) is 87.7 Å². The minimum absolute atomic E-state index is 0.108. The molecule has 3 rings (SSSR count). The van der Waals surface area contributed by atoms with Gasteiger partial charge < -0.3 is 20.3 Å². The van der Waals surface area contributed by atoms with Gasteiger partial charge in [0, 0.05) is 31.1 Å². The Morgan fingerprint density at radius 1 is 1.16 bits per heavy atom. The standard InChI is InChI=1S/C18H23N3O4/c1-11(22)19-14-8-7-13(10-16(14)25-2)20-17(23)15-4-3-9-21(15)18(24)12-5-6-12/h7-8,10,12,15H,3-6,9H2,1-2H3,(H,19,22)(H,20,23)/t15-/m1/s1. The lowest BCUT2D eigenvalue weighted by Gasteiger charge is -2.24. The summed E-state index contributed by atoms with van der Waals surface area (Å²) < 4.78 is 5.26. The summed E-state index contributed by atoms with van der Waals surface area (Å²) in [4.78, 5) is 37.9. The van der Waals surface area contributed by atoms with Gasteiger partial charge in [-0.1, -0.05) is 0 Å². The van der Waals surface area contributed by atoms with E-state index in [0.29, 0.717) is 30.1 Å². The van der Waals surface area contributed by atoms with Crippen molar-refractivity contribution in [3.63, 3.8) is 0 Å². The molecule has 134 valence electrons. The Bertz CT molecular complexity index is 700. The number of carbonyl (C=O) groups is 3. The highest BCUT2D eigenvalue weighted by Gasteiger charge is 2.40. The van der Waals surface area contributed by atoms with Crippen LogP contribution in [0.1, 0.15) is 32.6 Å². The maximum absolute atomic E-state index is 12.6. The largest absolute Gasteiger partial charge is 0.494 e. The lowest BCUT2D eigenvalue weighted by atomic mass is 10.2. The van der Waals surface area contributed by atoms with Gasteiger partial charge in [-0.3, -0.25) is 14.4 Å². The normalized spacial score (nSPS) is 19.4. The molecule has 1 atom stereocenters. The van der Waals surface area contributed by atoms with Crippen molar-refractivity contribution in [2.45, 2.75) is 38.6 Å². The van der Waals surface area contributed by atoms with Gasteiger partial charge >= 0.3 is 0 Å². The quantitative estimate of drug-likeness (QED) is 0.854. The summed E-state index contributed by atoms with van der Waals surface area (Å²) in [6.07, 6.45) is 3.41. The van der Waals surface area contributed by atoms with Gasteiger partial charge in [-0.25, -0.2) is 0 Å². The Labute approximate surface area is 146 Å². The molecular formula is C18H23N3O4. The van der Waals surface area contributed by atoms with Crippen LogP contribution in [0.15, 0.2) is 18.2 Å². The van der Waals surface area contributed by atoms with E-state index in [2.05, 4.69) is 10.6 Å². The minimum atomic E-state index is -0.408. The number of likely N-dealkylation sites (tertiary alicyclic amines) is 1. The monoisotopic (exact) mass is 345 g/mol. The molecule has 1 aliphatic carbocycles. The Kier molecular flexibility index (Phi) is 4.92. The minimum Gasteiger partial charge on any atom is -0.494 e. The van der Waals surface area contributed by atoms with E-state index in [-0.39, 0.29) is 23.6 Å². The van der Waals surface area contributed by atoms with Crippen LogP contribution < -0.4 is 15.4 Å². The molecule has 1 aromatic carbocycles. The van der Waals surface area contributed by atoms with Crippen LogP contribution in [0.2, 0.25) is 0 Å². The summed E-state index contributed by atoms with van der Waals surface area (Å²) in [5.74, 6) is 0.308. The van der Waals surface area contributed by atoms with Gasteiger partial charge in [0.1, 0.15) is 11.8 Å². The summed E-state index contributed by atoms with van der Waals surface area (Å²) in [5, 5.41) is 5.53. The number of anilines is 2. The van der Waals surface area contributed by atoms with E-state index < -0.39 is 6.04 Å². The van der Waals surface area contributed by atoms with E-state index in [0.717, 1.165) is 19.3 Å². The molecule has 2 fully saturated rings. The zero-order valence-electron chi connectivity index (χ0n) is 14.5. The molecule has 25 heavy (non-hydrogen) atoms. The Morgan fingerprint density at radius 2 is 1.92 bits per heavy atom. The third-order valence-electron chi connectivity index (χ3n) is 4.54. The zero-order chi connectivity index (χ0) is 18.0. The number of hydrogen-bond acceptors (Lipinski definition) is 4. The number of carbonyl (C=O) groups excluding carboxylic acids is 3. The lowest BCUT2D eigenvalue weighted by molar-refractivity contribution is -0.137. The van der Waals surface area contributed by atoms with Gasteiger partial charge in [-0.15, -0.1) is 0 Å². The fourth-order valence-corrected chi connectivity index (χ4v) is 3.16. The molecule has 3 amide bonds. The zero-order valence-corrected chi connectivity index (χ0v) is 14.5. The number of hydrogen-bond donors (Lipinski definition) is 2. The molecule has 2 aliphatic rings. The third-order valence-corrected chi connectivity index (χ3v) is 4.54. The van der Waals surface area contributed by atoms with Gasteiger partial charge in [0.05, 0.1) is 12.8 Å². The first kappa shape index (κ1) is 17.3. The highest BCUT2D eigenvalue weighted by Crippen LogP contribution is 2.34. The van der Waals surface area contributed by atoms with Crippen LogP contribution in [0, 0.1) is 5.92 Å². The van der Waals surface area contributed by atoms with Crippen molar-refractivity contribution in [3.8, 4) is 5.75 Å². The van der Waals surface area contributed by atoms with E-state index >= 15 is 0 Å². The maximum Gasteiger partial charge on any atom is 0.247 e. The second kappa shape index (κ2) is 7.13. The van der Waals surface area contributed by atoms with E-state index in [1.807, 2.05) is 0 Å². The molecular weight excluding hydrogens is 322 g/mol. The SMILES string of the molecule is COc1cc(NC(=O)[C@H]2CCCN2C(=O)C2CC2)ccc1NC(C)=O. The van der Waals surface area contributed by atoms with E-state index in [1.165, 1.54) is 14.0 Å².